The van der Waals surface area contributed by atoms with Crippen molar-refractivity contribution < 1.29 is 15.0 Å². The number of carboxylic acid groups (broad SMARTS) is 1. The summed E-state index contributed by atoms with van der Waals surface area (Å²) in [4.78, 5) is 8.36. The van der Waals surface area contributed by atoms with Gasteiger partial charge in [0, 0.05) is 16.2 Å². The fourth-order valence-corrected chi connectivity index (χ4v) is 5.13. The zero-order valence-electron chi connectivity index (χ0n) is 17.1. The number of aliphatic hydroxyl groups is 1. The summed E-state index contributed by atoms with van der Waals surface area (Å²) in [6, 6.07) is 20.9. The third-order valence-corrected chi connectivity index (χ3v) is 7.02. The van der Waals surface area contributed by atoms with Crippen molar-refractivity contribution in [3.8, 4) is 0 Å². The molecule has 0 bridgehead atoms. The van der Waals surface area contributed by atoms with Gasteiger partial charge in [0.1, 0.15) is 0 Å². The highest BCUT2D eigenvalue weighted by Crippen LogP contribution is 2.35. The van der Waals surface area contributed by atoms with Gasteiger partial charge in [0.05, 0.1) is 14.0 Å². The first-order valence-corrected chi connectivity index (χ1v) is 12.0. The molecule has 0 amide bonds. The molecule has 0 aliphatic heterocycles. The van der Waals surface area contributed by atoms with E-state index < -0.39 is 10.8 Å². The molecular weight excluding hydrogens is 399 g/mol. The first-order chi connectivity index (χ1) is 14.1. The molecule has 2 unspecified atom stereocenters. The summed E-state index contributed by atoms with van der Waals surface area (Å²) in [6.45, 7) is 1.90. The van der Waals surface area contributed by atoms with Gasteiger partial charge in [0.25, 0.3) is 6.47 Å². The molecule has 6 heteroatoms. The van der Waals surface area contributed by atoms with Gasteiger partial charge in [0.2, 0.25) is 0 Å². The number of benzene rings is 2. The summed E-state index contributed by atoms with van der Waals surface area (Å²) >= 11 is 3.59. The lowest BCUT2D eigenvalue weighted by Gasteiger charge is -2.35. The number of hydrogen-bond acceptors (Lipinski definition) is 4. The quantitative estimate of drug-likeness (QED) is 0.270. The Kier molecular flexibility index (Phi) is 13.7. The average Bonchev–Trinajstić information content (AvgIpc) is 2.75. The molecule has 2 N–H and O–H groups in total. The summed E-state index contributed by atoms with van der Waals surface area (Å²) in [5.41, 5.74) is 2.59. The van der Waals surface area contributed by atoms with E-state index in [0.29, 0.717) is 0 Å². The molecule has 0 saturated heterocycles. The lowest BCUT2D eigenvalue weighted by atomic mass is 9.77. The van der Waals surface area contributed by atoms with Crippen LogP contribution in [0.4, 0.5) is 0 Å². The van der Waals surface area contributed by atoms with Crippen LogP contribution >= 0.6 is 23.5 Å². The van der Waals surface area contributed by atoms with Gasteiger partial charge >= 0.3 is 0 Å². The van der Waals surface area contributed by atoms with Crippen LogP contribution in [0, 0.1) is 0 Å². The normalized spacial score (nSPS) is 13.6. The van der Waals surface area contributed by atoms with Crippen molar-refractivity contribution >= 4 is 37.8 Å². The molecule has 2 radical (unpaired) electrons. The minimum absolute atomic E-state index is 0.250. The van der Waals surface area contributed by atoms with Crippen LogP contribution in [-0.4, -0.2) is 41.0 Å². The molecular formula is C23H31BO3S2. The topological polar surface area (TPSA) is 57.5 Å². The summed E-state index contributed by atoms with van der Waals surface area (Å²) in [6.07, 6.45) is 3.22. The Bertz CT molecular complexity index is 658. The van der Waals surface area contributed by atoms with Crippen molar-refractivity contribution in [2.75, 3.05) is 5.75 Å². The van der Waals surface area contributed by atoms with Gasteiger partial charge < -0.3 is 10.2 Å². The van der Waals surface area contributed by atoms with Crippen molar-refractivity contribution in [2.24, 2.45) is 0 Å². The predicted molar refractivity (Wildman–Crippen MR) is 128 cm³/mol. The standard InChI is InChI=1S/C22H29BOS2.CH2O2/c1-2-3-14-21(24)22(23,26-18-20-12-8-5-9-13-20)15-16-25-17-19-10-6-4-7-11-19;2-1-3/h4-13,21,24H,2-3,14-18H2,1H3;1H,(H,2,3). The fraction of sp³-hybridized carbons (Fsp3) is 0.435. The molecule has 3 nitrogen and oxygen atoms in total. The molecule has 0 saturated carbocycles. The van der Waals surface area contributed by atoms with Crippen LogP contribution < -0.4 is 0 Å². The Labute approximate surface area is 185 Å². The second kappa shape index (κ2) is 15.5. The third kappa shape index (κ3) is 10.8. The number of hydrogen-bond donors (Lipinski definition) is 2. The van der Waals surface area contributed by atoms with Crippen molar-refractivity contribution in [3.05, 3.63) is 71.8 Å². The predicted octanol–water partition coefficient (Wildman–Crippen LogP) is 5.36. The first-order valence-electron chi connectivity index (χ1n) is 9.90. The van der Waals surface area contributed by atoms with Crippen LogP contribution in [0.1, 0.15) is 43.7 Å². The van der Waals surface area contributed by atoms with Crippen LogP contribution in [0.3, 0.4) is 0 Å². The minimum Gasteiger partial charge on any atom is -0.483 e. The Morgan fingerprint density at radius 2 is 1.55 bits per heavy atom. The van der Waals surface area contributed by atoms with Crippen molar-refractivity contribution in [2.45, 2.75) is 54.9 Å². The van der Waals surface area contributed by atoms with Gasteiger partial charge in [-0.2, -0.15) is 23.5 Å². The van der Waals surface area contributed by atoms with Crippen molar-refractivity contribution in [1.29, 1.82) is 0 Å². The number of rotatable bonds is 12. The lowest BCUT2D eigenvalue weighted by molar-refractivity contribution is -0.122. The number of thioether (sulfide) groups is 2. The van der Waals surface area contributed by atoms with E-state index in [-0.39, 0.29) is 6.47 Å². The van der Waals surface area contributed by atoms with E-state index in [1.165, 1.54) is 11.1 Å². The van der Waals surface area contributed by atoms with Crippen molar-refractivity contribution in [3.63, 3.8) is 0 Å². The van der Waals surface area contributed by atoms with Crippen molar-refractivity contribution in [1.82, 2.24) is 0 Å². The molecule has 2 rings (SSSR count). The van der Waals surface area contributed by atoms with E-state index in [4.69, 9.17) is 17.7 Å². The molecule has 2 aromatic rings. The Morgan fingerprint density at radius 1 is 1.03 bits per heavy atom. The third-order valence-electron chi connectivity index (χ3n) is 4.49. The maximum absolute atomic E-state index is 10.7. The summed E-state index contributed by atoms with van der Waals surface area (Å²) in [5.74, 6) is 2.78. The van der Waals surface area contributed by atoms with Gasteiger partial charge in [-0.1, -0.05) is 80.4 Å². The van der Waals surface area contributed by atoms with Gasteiger partial charge in [0.15, 0.2) is 0 Å². The highest BCUT2D eigenvalue weighted by atomic mass is 32.2. The number of aliphatic hydroxyl groups excluding tert-OH is 1. The minimum atomic E-state index is -0.589. The van der Waals surface area contributed by atoms with Gasteiger partial charge in [-0.15, -0.1) is 0 Å². The Morgan fingerprint density at radius 3 is 2.07 bits per heavy atom. The second-order valence-electron chi connectivity index (χ2n) is 6.78. The molecule has 0 heterocycles. The smallest absolute Gasteiger partial charge is 0.290 e. The van der Waals surface area contributed by atoms with Gasteiger partial charge in [-0.3, -0.25) is 4.79 Å². The molecule has 0 aromatic heterocycles. The number of carbonyl (C=O) groups is 1. The monoisotopic (exact) mass is 430 g/mol. The first kappa shape index (κ1) is 25.7. The molecule has 2 aromatic carbocycles. The SMILES string of the molecule is O=CO.[B]C(CCSCc1ccccc1)(SCc1ccccc1)C(O)CCCC. The highest BCUT2D eigenvalue weighted by Gasteiger charge is 2.32. The molecule has 156 valence electrons. The summed E-state index contributed by atoms with van der Waals surface area (Å²) in [5, 5.41) is 17.6. The van der Waals surface area contributed by atoms with Crippen LogP contribution in [0.5, 0.6) is 0 Å². The molecule has 29 heavy (non-hydrogen) atoms. The molecule has 0 fully saturated rings. The molecule has 0 aliphatic rings. The van der Waals surface area contributed by atoms with Gasteiger partial charge in [-0.05, 0) is 29.7 Å². The summed E-state index contributed by atoms with van der Waals surface area (Å²) in [7, 11) is 6.71. The molecule has 2 atom stereocenters. The Balaban J connectivity index is 0.00000132. The van der Waals surface area contributed by atoms with Gasteiger partial charge in [-0.25, -0.2) is 0 Å². The van der Waals surface area contributed by atoms with E-state index in [2.05, 4.69) is 55.5 Å². The van der Waals surface area contributed by atoms with Crippen LogP contribution in [0.2, 0.25) is 0 Å². The zero-order chi connectivity index (χ0) is 21.4. The average molecular weight is 430 g/mol. The highest BCUT2D eigenvalue weighted by molar-refractivity contribution is 8.01. The maximum atomic E-state index is 10.7. The molecule has 0 aliphatic carbocycles. The zero-order valence-corrected chi connectivity index (χ0v) is 18.7. The molecule has 0 spiro atoms. The van der Waals surface area contributed by atoms with Crippen LogP contribution in [-0.2, 0) is 16.3 Å². The van der Waals surface area contributed by atoms with E-state index in [9.17, 15) is 5.11 Å². The number of unbranched alkanes of at least 4 members (excludes halogenated alkanes) is 1. The lowest BCUT2D eigenvalue weighted by Crippen LogP contribution is -2.40. The summed E-state index contributed by atoms with van der Waals surface area (Å²) < 4.78 is -0.589. The largest absolute Gasteiger partial charge is 0.483 e. The van der Waals surface area contributed by atoms with Crippen LogP contribution in [0.25, 0.3) is 0 Å². The second-order valence-corrected chi connectivity index (χ2v) is 9.22. The van der Waals surface area contributed by atoms with E-state index >= 15 is 0 Å². The van der Waals surface area contributed by atoms with E-state index in [1.807, 2.05) is 23.9 Å². The van der Waals surface area contributed by atoms with Crippen LogP contribution in [0.15, 0.2) is 60.7 Å². The van der Waals surface area contributed by atoms with E-state index in [1.54, 1.807) is 11.8 Å². The fourth-order valence-electron chi connectivity index (χ4n) is 2.76. The Hall–Kier alpha value is -1.37. The van der Waals surface area contributed by atoms with E-state index in [0.717, 1.165) is 42.9 Å². The maximum Gasteiger partial charge on any atom is 0.290 e.